The molecule has 1 aliphatic heterocycles. The van der Waals surface area contributed by atoms with Crippen LogP contribution in [0.5, 0.6) is 0 Å². The highest BCUT2D eigenvalue weighted by Gasteiger charge is 2.30. The van der Waals surface area contributed by atoms with Gasteiger partial charge in [-0.25, -0.2) is 28.3 Å². The fourth-order valence-corrected chi connectivity index (χ4v) is 4.68. The molecular formula is C24H32N16O4. The van der Waals surface area contributed by atoms with E-state index < -0.39 is 11.9 Å². The van der Waals surface area contributed by atoms with Crippen molar-refractivity contribution >= 4 is 46.6 Å². The number of azo groups is 2. The van der Waals surface area contributed by atoms with E-state index in [0.717, 1.165) is 0 Å². The number of nitrogens with one attached hydrogen (secondary N) is 2. The topological polar surface area (TPSA) is 249 Å². The minimum atomic E-state index is -0.585. The zero-order valence-corrected chi connectivity index (χ0v) is 24.9. The molecule has 1 fully saturated rings. The summed E-state index contributed by atoms with van der Waals surface area (Å²) in [6.07, 6.45) is 2.42. The van der Waals surface area contributed by atoms with Gasteiger partial charge in [-0.2, -0.15) is 20.4 Å². The van der Waals surface area contributed by atoms with E-state index in [1.807, 2.05) is 0 Å². The molecule has 0 aromatic carbocycles. The van der Waals surface area contributed by atoms with Gasteiger partial charge in [-0.3, -0.25) is 10.6 Å². The van der Waals surface area contributed by atoms with Gasteiger partial charge in [-0.05, 0) is 13.8 Å². The lowest BCUT2D eigenvalue weighted by atomic mass is 10.2. The van der Waals surface area contributed by atoms with Crippen molar-refractivity contribution in [3.05, 3.63) is 34.9 Å². The second-order valence-electron chi connectivity index (χ2n) is 9.77. The highest BCUT2D eigenvalue weighted by molar-refractivity contribution is 5.94. The Hall–Kier alpha value is -5.50. The van der Waals surface area contributed by atoms with Crippen LogP contribution in [0, 0.1) is 13.8 Å². The molecule has 5 heterocycles. The number of carbonyl (C=O) groups excluding carboxylic acids is 2. The summed E-state index contributed by atoms with van der Waals surface area (Å²) >= 11 is 0. The van der Waals surface area contributed by atoms with Crippen molar-refractivity contribution in [2.24, 2.45) is 34.6 Å². The molecule has 20 nitrogen and oxygen atoms in total. The molecule has 0 saturated carbocycles. The van der Waals surface area contributed by atoms with E-state index in [1.165, 1.54) is 36.0 Å². The average Bonchev–Trinajstić information content (AvgIpc) is 3.74. The third kappa shape index (κ3) is 5.38. The number of ether oxygens (including phenoxy) is 2. The van der Waals surface area contributed by atoms with Gasteiger partial charge in [0.1, 0.15) is 23.5 Å². The van der Waals surface area contributed by atoms with Gasteiger partial charge < -0.3 is 20.9 Å². The summed E-state index contributed by atoms with van der Waals surface area (Å²) in [4.78, 5) is 24.1. The highest BCUT2D eigenvalue weighted by atomic mass is 16.5. The number of aryl methyl sites for hydroxylation is 4. The monoisotopic (exact) mass is 608 g/mol. The van der Waals surface area contributed by atoms with Crippen LogP contribution in [0.25, 0.3) is 0 Å². The Labute approximate surface area is 250 Å². The van der Waals surface area contributed by atoms with Crippen LogP contribution >= 0.6 is 0 Å². The number of nitrogen functional groups attached to an aromatic ring is 2. The third-order valence-corrected chi connectivity index (χ3v) is 7.01. The highest BCUT2D eigenvalue weighted by Crippen LogP contribution is 2.36. The van der Waals surface area contributed by atoms with Gasteiger partial charge in [0.05, 0.1) is 38.0 Å². The molecule has 6 N–H and O–H groups in total. The number of carbonyl (C=O) groups is 2. The maximum Gasteiger partial charge on any atom is 0.343 e. The minimum absolute atomic E-state index is 0.167. The Morgan fingerprint density at radius 2 is 1.20 bits per heavy atom. The Morgan fingerprint density at radius 1 is 0.795 bits per heavy atom. The number of nitrogens with zero attached hydrogens (tertiary/aromatic N) is 12. The van der Waals surface area contributed by atoms with Crippen LogP contribution in [-0.4, -0.2) is 71.9 Å². The zero-order chi connectivity index (χ0) is 31.7. The summed E-state index contributed by atoms with van der Waals surface area (Å²) in [6.45, 7) is 3.89. The predicted molar refractivity (Wildman–Crippen MR) is 154 cm³/mol. The van der Waals surface area contributed by atoms with Crippen LogP contribution in [0.2, 0.25) is 0 Å². The molecule has 5 rings (SSSR count). The van der Waals surface area contributed by atoms with Gasteiger partial charge in [-0.15, -0.1) is 20.5 Å². The lowest BCUT2D eigenvalue weighted by Crippen LogP contribution is -2.47. The molecule has 0 radical (unpaired) electrons. The van der Waals surface area contributed by atoms with Crippen molar-refractivity contribution in [3.8, 4) is 0 Å². The van der Waals surface area contributed by atoms with Crippen molar-refractivity contribution in [3.63, 3.8) is 0 Å². The van der Waals surface area contributed by atoms with E-state index in [0.29, 0.717) is 35.9 Å². The Bertz CT molecular complexity index is 1650. The maximum atomic E-state index is 12.1. The lowest BCUT2D eigenvalue weighted by molar-refractivity contribution is 0.0592. The molecule has 4 aromatic heterocycles. The fourth-order valence-electron chi connectivity index (χ4n) is 4.68. The molecule has 4 aromatic rings. The first-order valence-electron chi connectivity index (χ1n) is 13.3. The number of esters is 2. The Morgan fingerprint density at radius 3 is 1.59 bits per heavy atom. The summed E-state index contributed by atoms with van der Waals surface area (Å²) < 4.78 is 15.6. The van der Waals surface area contributed by atoms with E-state index in [2.05, 4.69) is 51.5 Å². The molecule has 0 amide bonds. The summed E-state index contributed by atoms with van der Waals surface area (Å²) in [5.41, 5.74) is 15.0. The number of aromatic nitrogens is 8. The largest absolute Gasteiger partial charge is 0.465 e. The Kier molecular flexibility index (Phi) is 8.18. The number of hydrogen-bond acceptors (Lipinski definition) is 16. The average molecular weight is 609 g/mol. The van der Waals surface area contributed by atoms with Crippen LogP contribution in [0.1, 0.15) is 50.9 Å². The fraction of sp³-hybridized carbons (Fsp3) is 0.417. The molecule has 44 heavy (non-hydrogen) atoms. The third-order valence-electron chi connectivity index (χ3n) is 7.01. The van der Waals surface area contributed by atoms with Crippen LogP contribution < -0.4 is 22.1 Å². The zero-order valence-electron chi connectivity index (χ0n) is 24.9. The molecule has 0 aliphatic carbocycles. The maximum absolute atomic E-state index is 12.1. The second kappa shape index (κ2) is 12.0. The normalized spacial score (nSPS) is 17.1. The predicted octanol–water partition coefficient (Wildman–Crippen LogP) is 1.97. The molecule has 232 valence electrons. The van der Waals surface area contributed by atoms with Crippen molar-refractivity contribution in [1.82, 2.24) is 49.8 Å². The van der Waals surface area contributed by atoms with Crippen LogP contribution in [0.3, 0.4) is 0 Å². The van der Waals surface area contributed by atoms with E-state index in [1.54, 1.807) is 37.3 Å². The molecule has 2 atom stereocenters. The summed E-state index contributed by atoms with van der Waals surface area (Å²) in [5.74, 6) is -0.210. The number of rotatable bonds is 8. The van der Waals surface area contributed by atoms with E-state index in [4.69, 9.17) is 20.9 Å². The molecule has 2 unspecified atom stereocenters. The van der Waals surface area contributed by atoms with Crippen LogP contribution in [-0.2, 0) is 23.6 Å². The van der Waals surface area contributed by atoms with Crippen LogP contribution in [0.15, 0.2) is 32.9 Å². The molecular weight excluding hydrogens is 576 g/mol. The number of anilines is 2. The van der Waals surface area contributed by atoms with E-state index in [-0.39, 0.29) is 46.7 Å². The van der Waals surface area contributed by atoms with Gasteiger partial charge in [0.2, 0.25) is 0 Å². The number of nitrogens with two attached hydrogens (primary N) is 2. The Balaban J connectivity index is 1.38. The first-order valence-corrected chi connectivity index (χ1v) is 13.3. The SMILES string of the molecule is COC(=O)c1cnn(C)c1N=Nc1c(C)nn(C2CC(n3nc(C)c(N=Nc4c(C(=O)OC)cnn4C)c3N)NCN2)c1N. The van der Waals surface area contributed by atoms with Crippen molar-refractivity contribution in [1.29, 1.82) is 0 Å². The van der Waals surface area contributed by atoms with Gasteiger partial charge in [0.15, 0.2) is 34.6 Å². The quantitative estimate of drug-likeness (QED) is 0.165. The first-order chi connectivity index (χ1) is 21.0. The molecule has 1 saturated heterocycles. The van der Waals surface area contributed by atoms with E-state index in [9.17, 15) is 9.59 Å². The van der Waals surface area contributed by atoms with Crippen molar-refractivity contribution in [2.45, 2.75) is 32.6 Å². The standard InChI is InChI=1S/C24H32N16O4/c1-11-17(31-33-21-13(23(41)43-5)8-29-37(21)3)19(25)39(35-11)15-7-16(28-10-27-15)40-20(26)18(12(2)36-40)32-34-22-14(24(42)44-6)9-30-38(22)4/h8-9,15-16,27-28H,7,10,25-26H2,1-6H3. The van der Waals surface area contributed by atoms with E-state index >= 15 is 0 Å². The minimum Gasteiger partial charge on any atom is -0.465 e. The number of hydrogen-bond donors (Lipinski definition) is 4. The first kappa shape index (κ1) is 30.0. The lowest BCUT2D eigenvalue weighted by Gasteiger charge is -2.32. The smallest absolute Gasteiger partial charge is 0.343 e. The van der Waals surface area contributed by atoms with Crippen molar-refractivity contribution in [2.75, 3.05) is 32.4 Å². The molecule has 0 spiro atoms. The second-order valence-corrected chi connectivity index (χ2v) is 9.77. The summed E-state index contributed by atoms with van der Waals surface area (Å²) in [7, 11) is 5.81. The van der Waals surface area contributed by atoms with Gasteiger partial charge in [0.25, 0.3) is 0 Å². The summed E-state index contributed by atoms with van der Waals surface area (Å²) in [5, 5.41) is 40.9. The van der Waals surface area contributed by atoms with Crippen molar-refractivity contribution < 1.29 is 19.1 Å². The van der Waals surface area contributed by atoms with Gasteiger partial charge >= 0.3 is 11.9 Å². The molecule has 1 aliphatic rings. The molecule has 0 bridgehead atoms. The van der Waals surface area contributed by atoms with Crippen LogP contribution in [0.4, 0.5) is 34.6 Å². The summed E-state index contributed by atoms with van der Waals surface area (Å²) in [6, 6.07) is 0. The van der Waals surface area contributed by atoms with Gasteiger partial charge in [-0.1, -0.05) is 0 Å². The number of methoxy groups -OCH3 is 2. The van der Waals surface area contributed by atoms with Gasteiger partial charge in [0, 0.05) is 27.2 Å². The molecule has 20 heteroatoms.